The largest absolute Gasteiger partial charge is 0.433 e. The zero-order valence-electron chi connectivity index (χ0n) is 18.8. The van der Waals surface area contributed by atoms with Crippen LogP contribution < -0.4 is 10.6 Å². The van der Waals surface area contributed by atoms with Gasteiger partial charge in [-0.2, -0.15) is 13.2 Å². The van der Waals surface area contributed by atoms with Crippen molar-refractivity contribution in [2.45, 2.75) is 50.4 Å². The number of carbonyl (C=O) groups excluding carboxylic acids is 2. The highest BCUT2D eigenvalue weighted by molar-refractivity contribution is 6.36. The molecular weight excluding hydrogens is 505 g/mol. The first kappa shape index (κ1) is 25.8. The lowest BCUT2D eigenvalue weighted by Gasteiger charge is -2.30. The third kappa shape index (κ3) is 5.92. The Morgan fingerprint density at radius 2 is 1.61 bits per heavy atom. The topological polar surface area (TPSA) is 71.1 Å². The molecule has 1 saturated carbocycles. The molecule has 0 atom stereocenters. The normalized spacial score (nSPS) is 18.2. The van der Waals surface area contributed by atoms with Gasteiger partial charge in [0.1, 0.15) is 17.3 Å². The van der Waals surface area contributed by atoms with Crippen molar-refractivity contribution in [3.63, 3.8) is 0 Å². The molecule has 0 spiro atoms. The Labute approximate surface area is 208 Å². The van der Waals surface area contributed by atoms with Gasteiger partial charge < -0.3 is 10.6 Å². The van der Waals surface area contributed by atoms with Gasteiger partial charge in [0.2, 0.25) is 5.78 Å². The van der Waals surface area contributed by atoms with Crippen LogP contribution in [-0.2, 0) is 22.2 Å². The van der Waals surface area contributed by atoms with E-state index in [4.69, 9.17) is 11.6 Å². The van der Waals surface area contributed by atoms with Crippen molar-refractivity contribution in [3.05, 3.63) is 70.4 Å². The summed E-state index contributed by atoms with van der Waals surface area (Å²) in [5.41, 5.74) is -1.08. The molecule has 1 aliphatic carbocycles. The second kappa shape index (κ2) is 10.4. The van der Waals surface area contributed by atoms with E-state index in [1.807, 2.05) is 0 Å². The number of ketones is 1. The fraction of sp³-hybridized carbons (Fsp3) is 0.320. The first-order valence-electron chi connectivity index (χ1n) is 11.2. The molecule has 2 N–H and O–H groups in total. The zero-order valence-corrected chi connectivity index (χ0v) is 19.5. The smallest absolute Gasteiger partial charge is 0.382 e. The Morgan fingerprint density at radius 3 is 2.25 bits per heavy atom. The van der Waals surface area contributed by atoms with Gasteiger partial charge in [-0.05, 0) is 62.1 Å². The number of alkyl halides is 3. The number of benzene rings is 2. The van der Waals surface area contributed by atoms with Crippen LogP contribution in [0.2, 0.25) is 5.02 Å². The molecule has 0 saturated heterocycles. The van der Waals surface area contributed by atoms with E-state index in [2.05, 4.69) is 15.6 Å². The zero-order chi connectivity index (χ0) is 26.0. The van der Waals surface area contributed by atoms with Crippen LogP contribution >= 0.6 is 11.6 Å². The number of fused-ring (bicyclic) bond motifs is 1. The second-order valence-corrected chi connectivity index (χ2v) is 9.12. The summed E-state index contributed by atoms with van der Waals surface area (Å²) in [6.07, 6.45) is -3.38. The van der Waals surface area contributed by atoms with Gasteiger partial charge in [0.25, 0.3) is 5.91 Å². The number of pyridine rings is 1. The SMILES string of the molecule is O=C(Cc1c(F)cccc1F)C(=O)NC1CCC(Nc2cc(C(F)(F)F)nc3ccc(Cl)cc23)CC1. The van der Waals surface area contributed by atoms with Crippen molar-refractivity contribution in [2.75, 3.05) is 5.32 Å². The van der Waals surface area contributed by atoms with Crippen LogP contribution in [-0.4, -0.2) is 28.8 Å². The van der Waals surface area contributed by atoms with Gasteiger partial charge in [0.05, 0.1) is 5.52 Å². The molecule has 5 nitrogen and oxygen atoms in total. The summed E-state index contributed by atoms with van der Waals surface area (Å²) >= 11 is 6.04. The summed E-state index contributed by atoms with van der Waals surface area (Å²) in [4.78, 5) is 28.2. The van der Waals surface area contributed by atoms with Gasteiger partial charge in [-0.1, -0.05) is 17.7 Å². The Morgan fingerprint density at radius 1 is 0.972 bits per heavy atom. The van der Waals surface area contributed by atoms with Gasteiger partial charge in [-0.3, -0.25) is 9.59 Å². The number of anilines is 1. The van der Waals surface area contributed by atoms with Gasteiger partial charge >= 0.3 is 6.18 Å². The summed E-state index contributed by atoms with van der Waals surface area (Å²) in [6, 6.07) is 8.04. The van der Waals surface area contributed by atoms with Crippen LogP contribution in [0, 0.1) is 11.6 Å². The minimum atomic E-state index is -4.62. The van der Waals surface area contributed by atoms with E-state index in [1.165, 1.54) is 18.2 Å². The Hall–Kier alpha value is -3.27. The first-order valence-corrected chi connectivity index (χ1v) is 11.6. The summed E-state index contributed by atoms with van der Waals surface area (Å²) in [5, 5.41) is 6.55. The highest BCUT2D eigenvalue weighted by Gasteiger charge is 2.34. The monoisotopic (exact) mass is 525 g/mol. The number of rotatable bonds is 6. The number of amides is 1. The molecule has 4 rings (SSSR count). The van der Waals surface area contributed by atoms with E-state index >= 15 is 0 Å². The second-order valence-electron chi connectivity index (χ2n) is 8.68. The number of aromatic nitrogens is 1. The van der Waals surface area contributed by atoms with Crippen molar-refractivity contribution < 1.29 is 31.5 Å². The highest BCUT2D eigenvalue weighted by atomic mass is 35.5. The van der Waals surface area contributed by atoms with Gasteiger partial charge in [0, 0.05) is 40.2 Å². The van der Waals surface area contributed by atoms with Crippen LogP contribution in [0.4, 0.5) is 27.6 Å². The van der Waals surface area contributed by atoms with Crippen LogP contribution in [0.1, 0.15) is 36.9 Å². The number of nitrogens with zero attached hydrogens (tertiary/aromatic N) is 1. The summed E-state index contributed by atoms with van der Waals surface area (Å²) < 4.78 is 67.6. The quantitative estimate of drug-likeness (QED) is 0.313. The number of hydrogen-bond acceptors (Lipinski definition) is 4. The van der Waals surface area contributed by atoms with E-state index in [0.29, 0.717) is 36.1 Å². The van der Waals surface area contributed by atoms with Gasteiger partial charge in [0.15, 0.2) is 0 Å². The van der Waals surface area contributed by atoms with E-state index < -0.39 is 47.2 Å². The van der Waals surface area contributed by atoms with Crippen LogP contribution in [0.5, 0.6) is 0 Å². The molecule has 11 heteroatoms. The molecule has 3 aromatic rings. The molecule has 1 heterocycles. The molecular formula is C25H21ClF5N3O2. The maximum Gasteiger partial charge on any atom is 0.433 e. The molecule has 0 radical (unpaired) electrons. The molecule has 0 aliphatic heterocycles. The summed E-state index contributed by atoms with van der Waals surface area (Å²) in [5.74, 6) is -3.69. The van der Waals surface area contributed by atoms with E-state index in [-0.39, 0.29) is 23.3 Å². The number of nitrogens with one attached hydrogen (secondary N) is 2. The lowest BCUT2D eigenvalue weighted by molar-refractivity contribution is -0.140. The molecule has 1 aliphatic rings. The highest BCUT2D eigenvalue weighted by Crippen LogP contribution is 2.35. The molecule has 2 aromatic carbocycles. The molecule has 36 heavy (non-hydrogen) atoms. The van der Waals surface area contributed by atoms with E-state index in [1.54, 1.807) is 6.07 Å². The number of hydrogen-bond donors (Lipinski definition) is 2. The Kier molecular flexibility index (Phi) is 7.44. The summed E-state index contributed by atoms with van der Waals surface area (Å²) in [6.45, 7) is 0. The predicted molar refractivity (Wildman–Crippen MR) is 125 cm³/mol. The summed E-state index contributed by atoms with van der Waals surface area (Å²) in [7, 11) is 0. The van der Waals surface area contributed by atoms with Crippen LogP contribution in [0.15, 0.2) is 42.5 Å². The van der Waals surface area contributed by atoms with Gasteiger partial charge in [-0.15, -0.1) is 0 Å². The molecule has 1 amide bonds. The number of Topliss-reactive ketones (excluding diaryl/α,β-unsaturated/α-hetero) is 1. The average molecular weight is 526 g/mol. The first-order chi connectivity index (χ1) is 17.0. The van der Waals surface area contributed by atoms with Gasteiger partial charge in [-0.25, -0.2) is 13.8 Å². The molecule has 0 unspecified atom stereocenters. The van der Waals surface area contributed by atoms with Crippen molar-refractivity contribution in [1.82, 2.24) is 10.3 Å². The minimum absolute atomic E-state index is 0.155. The number of halogens is 6. The van der Waals surface area contributed by atoms with E-state index in [0.717, 1.165) is 18.2 Å². The maximum atomic E-state index is 13.8. The van der Waals surface area contributed by atoms with Crippen molar-refractivity contribution in [1.29, 1.82) is 0 Å². The lowest BCUT2D eigenvalue weighted by Crippen LogP contribution is -2.43. The van der Waals surface area contributed by atoms with Crippen molar-refractivity contribution >= 4 is 39.9 Å². The fourth-order valence-electron chi connectivity index (χ4n) is 4.27. The molecule has 190 valence electrons. The third-order valence-electron chi connectivity index (χ3n) is 6.14. The van der Waals surface area contributed by atoms with Crippen molar-refractivity contribution in [3.8, 4) is 0 Å². The average Bonchev–Trinajstić information content (AvgIpc) is 2.82. The van der Waals surface area contributed by atoms with Crippen LogP contribution in [0.3, 0.4) is 0 Å². The predicted octanol–water partition coefficient (Wildman–Crippen LogP) is 5.84. The minimum Gasteiger partial charge on any atom is -0.382 e. The maximum absolute atomic E-state index is 13.8. The third-order valence-corrected chi connectivity index (χ3v) is 6.37. The Balaban J connectivity index is 1.38. The molecule has 1 aromatic heterocycles. The lowest BCUT2D eigenvalue weighted by atomic mass is 9.90. The van der Waals surface area contributed by atoms with Crippen LogP contribution in [0.25, 0.3) is 10.9 Å². The van der Waals surface area contributed by atoms with E-state index in [9.17, 15) is 31.5 Å². The fourth-order valence-corrected chi connectivity index (χ4v) is 4.44. The molecule has 0 bridgehead atoms. The number of carbonyl (C=O) groups is 2. The molecule has 1 fully saturated rings. The Bertz CT molecular complexity index is 1290. The standard InChI is InChI=1S/C25H21ClF5N3O2/c26-13-4-9-20-17(10-13)21(12-23(34-20)25(29,30)31)32-14-5-7-15(8-6-14)33-24(36)22(35)11-16-18(27)2-1-3-19(16)28/h1-4,9-10,12,14-15H,5-8,11H2,(H,32,34)(H,33,36). The van der Waals surface area contributed by atoms with Crippen molar-refractivity contribution in [2.24, 2.45) is 0 Å².